The van der Waals surface area contributed by atoms with Crippen molar-refractivity contribution in [2.45, 2.75) is 19.9 Å². The van der Waals surface area contributed by atoms with Crippen LogP contribution in [0, 0.1) is 6.92 Å². The van der Waals surface area contributed by atoms with Gasteiger partial charge in [-0.3, -0.25) is 4.79 Å². The summed E-state index contributed by atoms with van der Waals surface area (Å²) < 4.78 is 5.43. The first-order chi connectivity index (χ1) is 9.56. The number of aromatic carboxylic acids is 1. The van der Waals surface area contributed by atoms with E-state index < -0.39 is 5.97 Å². The summed E-state index contributed by atoms with van der Waals surface area (Å²) in [4.78, 5) is 24.6. The molecule has 1 amide bonds. The molecule has 5 heteroatoms. The highest BCUT2D eigenvalue weighted by Gasteiger charge is 2.28. The minimum atomic E-state index is -1.02. The molecule has 0 atom stereocenters. The number of amides is 1. The van der Waals surface area contributed by atoms with Gasteiger partial charge in [0.2, 0.25) is 5.91 Å². The first-order valence-electron chi connectivity index (χ1n) is 6.27. The number of rotatable bonds is 3. The number of hydrogen-bond acceptors (Lipinski definition) is 3. The number of benzene rings is 1. The summed E-state index contributed by atoms with van der Waals surface area (Å²) in [6.45, 7) is 1.86. The molecule has 1 aromatic heterocycles. The van der Waals surface area contributed by atoms with Crippen LogP contribution in [-0.2, 0) is 17.8 Å². The summed E-state index contributed by atoms with van der Waals surface area (Å²) in [5, 5.41) is 9.01. The quantitative estimate of drug-likeness (QED) is 0.930. The second-order valence-corrected chi connectivity index (χ2v) is 4.77. The molecular formula is C15H13NO4. The number of carboxylic acids is 1. The van der Waals surface area contributed by atoms with Crippen molar-refractivity contribution in [1.29, 1.82) is 0 Å². The Morgan fingerprint density at radius 2 is 2.15 bits per heavy atom. The zero-order valence-corrected chi connectivity index (χ0v) is 10.9. The Labute approximate surface area is 115 Å². The lowest BCUT2D eigenvalue weighted by Gasteiger charge is -2.15. The molecule has 0 unspecified atom stereocenters. The van der Waals surface area contributed by atoms with Crippen molar-refractivity contribution >= 4 is 17.6 Å². The fourth-order valence-corrected chi connectivity index (χ4v) is 2.48. The van der Waals surface area contributed by atoms with Crippen LogP contribution in [0.2, 0.25) is 0 Å². The lowest BCUT2D eigenvalue weighted by molar-refractivity contribution is -0.117. The molecule has 2 aromatic rings. The largest absolute Gasteiger partial charge is 0.478 e. The molecular weight excluding hydrogens is 258 g/mol. The summed E-state index contributed by atoms with van der Waals surface area (Å²) in [5.41, 5.74) is 1.99. The van der Waals surface area contributed by atoms with Gasteiger partial charge in [0.25, 0.3) is 0 Å². The maximum Gasteiger partial charge on any atom is 0.339 e. The first kappa shape index (κ1) is 12.5. The van der Waals surface area contributed by atoms with Crippen LogP contribution in [-0.4, -0.2) is 17.0 Å². The molecule has 0 aliphatic carbocycles. The second-order valence-electron chi connectivity index (χ2n) is 4.77. The third-order valence-electron chi connectivity index (χ3n) is 3.44. The van der Waals surface area contributed by atoms with E-state index in [-0.39, 0.29) is 18.0 Å². The van der Waals surface area contributed by atoms with Crippen molar-refractivity contribution in [3.8, 4) is 0 Å². The standard InChI is InChI=1S/C15H13NO4/c1-9-12(15(18)19)7-11(20-9)8-16-13-5-3-2-4-10(13)6-14(16)17/h2-5,7H,6,8H2,1H3,(H,18,19). The summed E-state index contributed by atoms with van der Waals surface area (Å²) in [6, 6.07) is 9.05. The van der Waals surface area contributed by atoms with E-state index in [0.29, 0.717) is 17.9 Å². The molecule has 5 nitrogen and oxygen atoms in total. The van der Waals surface area contributed by atoms with Gasteiger partial charge in [0.15, 0.2) is 0 Å². The fraction of sp³-hybridized carbons (Fsp3) is 0.200. The van der Waals surface area contributed by atoms with Crippen LogP contribution in [0.25, 0.3) is 0 Å². The number of carboxylic acid groups (broad SMARTS) is 1. The number of para-hydroxylation sites is 1. The van der Waals surface area contributed by atoms with E-state index >= 15 is 0 Å². The molecule has 0 saturated carbocycles. The first-order valence-corrected chi connectivity index (χ1v) is 6.27. The lowest BCUT2D eigenvalue weighted by Crippen LogP contribution is -2.25. The van der Waals surface area contributed by atoms with E-state index in [9.17, 15) is 9.59 Å². The monoisotopic (exact) mass is 271 g/mol. The van der Waals surface area contributed by atoms with Gasteiger partial charge >= 0.3 is 5.97 Å². The van der Waals surface area contributed by atoms with Crippen molar-refractivity contribution in [3.63, 3.8) is 0 Å². The van der Waals surface area contributed by atoms with Crippen LogP contribution in [0.4, 0.5) is 5.69 Å². The highest BCUT2D eigenvalue weighted by atomic mass is 16.4. The number of furan rings is 1. The molecule has 0 fully saturated rings. The predicted molar refractivity (Wildman–Crippen MR) is 71.7 cm³/mol. The van der Waals surface area contributed by atoms with Crippen molar-refractivity contribution in [1.82, 2.24) is 0 Å². The van der Waals surface area contributed by atoms with E-state index in [1.165, 1.54) is 6.07 Å². The molecule has 1 aliphatic heterocycles. The maximum atomic E-state index is 12.0. The summed E-state index contributed by atoms with van der Waals surface area (Å²) in [5.74, 6) is -0.194. The Morgan fingerprint density at radius 1 is 1.40 bits per heavy atom. The van der Waals surface area contributed by atoms with Crippen molar-refractivity contribution in [2.24, 2.45) is 0 Å². The van der Waals surface area contributed by atoms with Crippen LogP contribution in [0.15, 0.2) is 34.7 Å². The predicted octanol–water partition coefficient (Wildman–Crippen LogP) is 2.38. The van der Waals surface area contributed by atoms with E-state index in [4.69, 9.17) is 9.52 Å². The van der Waals surface area contributed by atoms with Gasteiger partial charge < -0.3 is 14.4 Å². The smallest absolute Gasteiger partial charge is 0.339 e. The highest BCUT2D eigenvalue weighted by molar-refractivity contribution is 6.01. The summed E-state index contributed by atoms with van der Waals surface area (Å²) in [6.07, 6.45) is 0.377. The van der Waals surface area contributed by atoms with Crippen LogP contribution in [0.1, 0.15) is 27.4 Å². The third-order valence-corrected chi connectivity index (χ3v) is 3.44. The molecule has 0 saturated heterocycles. The molecule has 3 rings (SSSR count). The Kier molecular flexibility index (Phi) is 2.82. The minimum absolute atomic E-state index is 0.00266. The molecule has 0 radical (unpaired) electrons. The van der Waals surface area contributed by atoms with Crippen molar-refractivity contribution < 1.29 is 19.1 Å². The molecule has 1 N–H and O–H groups in total. The van der Waals surface area contributed by atoms with E-state index in [1.54, 1.807) is 11.8 Å². The van der Waals surface area contributed by atoms with Crippen LogP contribution in [0.5, 0.6) is 0 Å². The molecule has 1 aromatic carbocycles. The zero-order chi connectivity index (χ0) is 14.3. The number of carbonyl (C=O) groups is 2. The van der Waals surface area contributed by atoms with Gasteiger partial charge in [0, 0.05) is 5.69 Å². The maximum absolute atomic E-state index is 12.0. The zero-order valence-electron chi connectivity index (χ0n) is 10.9. The van der Waals surface area contributed by atoms with Gasteiger partial charge in [-0.05, 0) is 24.6 Å². The molecule has 0 spiro atoms. The van der Waals surface area contributed by atoms with Crippen molar-refractivity contribution in [3.05, 3.63) is 53.0 Å². The number of nitrogens with zero attached hydrogens (tertiary/aromatic N) is 1. The van der Waals surface area contributed by atoms with Gasteiger partial charge in [-0.2, -0.15) is 0 Å². The lowest BCUT2D eigenvalue weighted by atomic mass is 10.2. The van der Waals surface area contributed by atoms with E-state index in [0.717, 1.165) is 11.3 Å². The van der Waals surface area contributed by atoms with Crippen molar-refractivity contribution in [2.75, 3.05) is 4.90 Å². The van der Waals surface area contributed by atoms with Gasteiger partial charge in [0.05, 0.1) is 13.0 Å². The number of carbonyl (C=O) groups excluding carboxylic acids is 1. The minimum Gasteiger partial charge on any atom is -0.478 e. The molecule has 20 heavy (non-hydrogen) atoms. The molecule has 1 aliphatic rings. The van der Waals surface area contributed by atoms with E-state index in [2.05, 4.69) is 0 Å². The fourth-order valence-electron chi connectivity index (χ4n) is 2.48. The van der Waals surface area contributed by atoms with Gasteiger partial charge in [-0.15, -0.1) is 0 Å². The second kappa shape index (κ2) is 4.52. The number of aryl methyl sites for hydroxylation is 1. The summed E-state index contributed by atoms with van der Waals surface area (Å²) >= 11 is 0. The Bertz CT molecular complexity index is 702. The highest BCUT2D eigenvalue weighted by Crippen LogP contribution is 2.30. The molecule has 0 bridgehead atoms. The van der Waals surface area contributed by atoms with Gasteiger partial charge in [-0.1, -0.05) is 18.2 Å². The Hall–Kier alpha value is -2.56. The number of fused-ring (bicyclic) bond motifs is 1. The number of hydrogen-bond donors (Lipinski definition) is 1. The van der Waals surface area contributed by atoms with Crippen LogP contribution in [0.3, 0.4) is 0 Å². The average Bonchev–Trinajstić information content (AvgIpc) is 2.92. The third kappa shape index (κ3) is 1.97. The molecule has 102 valence electrons. The topological polar surface area (TPSA) is 70.8 Å². The van der Waals surface area contributed by atoms with Crippen LogP contribution < -0.4 is 4.90 Å². The normalized spacial score (nSPS) is 13.7. The Balaban J connectivity index is 1.90. The SMILES string of the molecule is Cc1oc(CN2C(=O)Cc3ccccc32)cc1C(=O)O. The molecule has 2 heterocycles. The number of anilines is 1. The van der Waals surface area contributed by atoms with Gasteiger partial charge in [0.1, 0.15) is 17.1 Å². The summed E-state index contributed by atoms with van der Waals surface area (Å²) in [7, 11) is 0. The van der Waals surface area contributed by atoms with E-state index in [1.807, 2.05) is 24.3 Å². The Morgan fingerprint density at radius 3 is 2.85 bits per heavy atom. The van der Waals surface area contributed by atoms with Gasteiger partial charge in [-0.25, -0.2) is 4.79 Å². The van der Waals surface area contributed by atoms with Crippen LogP contribution >= 0.6 is 0 Å². The average molecular weight is 271 g/mol.